The summed E-state index contributed by atoms with van der Waals surface area (Å²) in [5.41, 5.74) is 8.78. The molecule has 1 aromatic rings. The van der Waals surface area contributed by atoms with Crippen molar-refractivity contribution in [1.82, 2.24) is 4.90 Å². The Morgan fingerprint density at radius 2 is 2.00 bits per heavy atom. The Labute approximate surface area is 110 Å². The van der Waals surface area contributed by atoms with Crippen molar-refractivity contribution in [3.63, 3.8) is 0 Å². The van der Waals surface area contributed by atoms with Crippen LogP contribution in [-0.2, 0) is 4.74 Å². The van der Waals surface area contributed by atoms with Crippen molar-refractivity contribution >= 4 is 0 Å². The minimum atomic E-state index is 0.110. The number of aryl methyl sites for hydroxylation is 1. The summed E-state index contributed by atoms with van der Waals surface area (Å²) in [5.74, 6) is 0. The van der Waals surface area contributed by atoms with Gasteiger partial charge in [-0.05, 0) is 32.9 Å². The highest BCUT2D eigenvalue weighted by Gasteiger charge is 2.29. The zero-order chi connectivity index (χ0) is 13.1. The van der Waals surface area contributed by atoms with E-state index in [4.69, 9.17) is 10.5 Å². The third-order valence-corrected chi connectivity index (χ3v) is 3.84. The van der Waals surface area contributed by atoms with E-state index in [1.165, 1.54) is 11.1 Å². The highest BCUT2D eigenvalue weighted by Crippen LogP contribution is 2.27. The van der Waals surface area contributed by atoms with E-state index in [1.807, 2.05) is 0 Å². The molecule has 0 saturated carbocycles. The minimum Gasteiger partial charge on any atom is -0.380 e. The maximum atomic E-state index is 6.19. The van der Waals surface area contributed by atoms with Crippen molar-refractivity contribution in [2.75, 3.05) is 20.3 Å². The number of nitrogens with two attached hydrogens (primary N) is 1. The molecule has 1 aromatic carbocycles. The molecule has 1 heterocycles. The molecule has 0 spiro atoms. The van der Waals surface area contributed by atoms with Crippen molar-refractivity contribution in [1.29, 1.82) is 0 Å². The second-order valence-corrected chi connectivity index (χ2v) is 5.40. The van der Waals surface area contributed by atoms with E-state index in [2.05, 4.69) is 50.1 Å². The zero-order valence-electron chi connectivity index (χ0n) is 11.6. The molecule has 3 heteroatoms. The van der Waals surface area contributed by atoms with Crippen molar-refractivity contribution in [2.24, 2.45) is 5.73 Å². The second kappa shape index (κ2) is 5.83. The van der Waals surface area contributed by atoms with Crippen LogP contribution < -0.4 is 5.73 Å². The maximum absolute atomic E-state index is 6.19. The summed E-state index contributed by atoms with van der Waals surface area (Å²) >= 11 is 0. The van der Waals surface area contributed by atoms with Crippen LogP contribution in [0, 0.1) is 6.92 Å². The van der Waals surface area contributed by atoms with Crippen molar-refractivity contribution in [3.05, 3.63) is 35.4 Å². The van der Waals surface area contributed by atoms with Crippen LogP contribution >= 0.6 is 0 Å². The van der Waals surface area contributed by atoms with Crippen molar-refractivity contribution < 1.29 is 4.74 Å². The molecule has 0 aromatic heterocycles. The first-order valence-corrected chi connectivity index (χ1v) is 6.71. The number of nitrogens with zero attached hydrogens (tertiary/aromatic N) is 1. The van der Waals surface area contributed by atoms with Gasteiger partial charge >= 0.3 is 0 Å². The Morgan fingerprint density at radius 3 is 2.50 bits per heavy atom. The van der Waals surface area contributed by atoms with Gasteiger partial charge in [-0.3, -0.25) is 4.90 Å². The van der Waals surface area contributed by atoms with E-state index in [1.54, 1.807) is 0 Å². The topological polar surface area (TPSA) is 38.5 Å². The number of rotatable bonds is 4. The average molecular weight is 248 g/mol. The molecule has 1 fully saturated rings. The molecule has 100 valence electrons. The zero-order valence-corrected chi connectivity index (χ0v) is 11.6. The monoisotopic (exact) mass is 248 g/mol. The lowest BCUT2D eigenvalue weighted by Crippen LogP contribution is -2.43. The smallest absolute Gasteiger partial charge is 0.0622 e. The molecular weight excluding hydrogens is 224 g/mol. The maximum Gasteiger partial charge on any atom is 0.0622 e. The van der Waals surface area contributed by atoms with E-state index in [9.17, 15) is 0 Å². The van der Waals surface area contributed by atoms with Gasteiger partial charge in [0, 0.05) is 24.7 Å². The molecule has 2 N–H and O–H groups in total. The first-order chi connectivity index (χ1) is 8.59. The van der Waals surface area contributed by atoms with E-state index in [0.717, 1.165) is 19.6 Å². The lowest BCUT2D eigenvalue weighted by molar-refractivity contribution is 0.123. The lowest BCUT2D eigenvalue weighted by atomic mass is 9.97. The summed E-state index contributed by atoms with van der Waals surface area (Å²) in [6, 6.07) is 9.55. The van der Waals surface area contributed by atoms with Crippen LogP contribution in [0.25, 0.3) is 0 Å². The Bertz CT molecular complexity index is 369. The van der Waals surface area contributed by atoms with Crippen LogP contribution in [0.2, 0.25) is 0 Å². The third kappa shape index (κ3) is 2.91. The number of hydrogen-bond acceptors (Lipinski definition) is 3. The van der Waals surface area contributed by atoms with Crippen LogP contribution in [0.3, 0.4) is 0 Å². The number of hydrogen-bond donors (Lipinski definition) is 1. The lowest BCUT2D eigenvalue weighted by Gasteiger charge is -2.35. The Hall–Kier alpha value is -0.900. The van der Waals surface area contributed by atoms with Gasteiger partial charge in [0.25, 0.3) is 0 Å². The summed E-state index contributed by atoms with van der Waals surface area (Å²) in [6.07, 6.45) is 1.10. The van der Waals surface area contributed by atoms with Gasteiger partial charge in [-0.2, -0.15) is 0 Å². The molecule has 3 unspecified atom stereocenters. The standard InChI is InChI=1S/C15H24N2O/c1-11-4-6-13(7-5-11)15(12(2)16)17(3)14-8-9-18-10-14/h4-7,12,14-15H,8-10,16H2,1-3H3. The molecule has 1 saturated heterocycles. The number of likely N-dealkylation sites (N-methyl/N-ethyl adjacent to an activating group) is 1. The van der Waals surface area contributed by atoms with E-state index in [-0.39, 0.29) is 12.1 Å². The second-order valence-electron chi connectivity index (χ2n) is 5.40. The van der Waals surface area contributed by atoms with Gasteiger partial charge in [-0.1, -0.05) is 29.8 Å². The van der Waals surface area contributed by atoms with Crippen LogP contribution in [0.15, 0.2) is 24.3 Å². The molecule has 0 bridgehead atoms. The molecule has 0 radical (unpaired) electrons. The molecule has 18 heavy (non-hydrogen) atoms. The van der Waals surface area contributed by atoms with Gasteiger partial charge in [0.15, 0.2) is 0 Å². The summed E-state index contributed by atoms with van der Waals surface area (Å²) in [7, 11) is 2.16. The average Bonchev–Trinajstić information content (AvgIpc) is 2.85. The fraction of sp³-hybridized carbons (Fsp3) is 0.600. The summed E-state index contributed by atoms with van der Waals surface area (Å²) in [5, 5.41) is 0. The SMILES string of the molecule is Cc1ccc(C(C(C)N)N(C)C2CCOC2)cc1. The molecule has 1 aliphatic rings. The van der Waals surface area contributed by atoms with Gasteiger partial charge in [-0.25, -0.2) is 0 Å². The van der Waals surface area contributed by atoms with Crippen LogP contribution in [0.1, 0.15) is 30.5 Å². The highest BCUT2D eigenvalue weighted by atomic mass is 16.5. The van der Waals surface area contributed by atoms with Crippen LogP contribution in [0.4, 0.5) is 0 Å². The Morgan fingerprint density at radius 1 is 1.33 bits per heavy atom. The summed E-state index contributed by atoms with van der Waals surface area (Å²) in [6.45, 7) is 5.89. The first-order valence-electron chi connectivity index (χ1n) is 6.71. The fourth-order valence-electron chi connectivity index (χ4n) is 2.74. The van der Waals surface area contributed by atoms with Crippen molar-refractivity contribution in [3.8, 4) is 0 Å². The fourth-order valence-corrected chi connectivity index (χ4v) is 2.74. The molecule has 1 aliphatic heterocycles. The Kier molecular flexibility index (Phi) is 4.38. The van der Waals surface area contributed by atoms with E-state index >= 15 is 0 Å². The predicted octanol–water partition coefficient (Wildman–Crippen LogP) is 2.10. The van der Waals surface area contributed by atoms with E-state index < -0.39 is 0 Å². The largest absolute Gasteiger partial charge is 0.380 e. The minimum absolute atomic E-state index is 0.110. The quantitative estimate of drug-likeness (QED) is 0.887. The molecule has 0 aliphatic carbocycles. The van der Waals surface area contributed by atoms with Gasteiger partial charge in [-0.15, -0.1) is 0 Å². The number of ether oxygens (including phenoxy) is 1. The summed E-state index contributed by atoms with van der Waals surface area (Å²) in [4.78, 5) is 2.38. The van der Waals surface area contributed by atoms with Crippen LogP contribution in [0.5, 0.6) is 0 Å². The molecule has 2 rings (SSSR count). The van der Waals surface area contributed by atoms with Gasteiger partial charge < -0.3 is 10.5 Å². The molecule has 3 nitrogen and oxygen atoms in total. The number of benzene rings is 1. The summed E-state index contributed by atoms with van der Waals surface area (Å²) < 4.78 is 5.48. The normalized spacial score (nSPS) is 23.3. The van der Waals surface area contributed by atoms with E-state index in [0.29, 0.717) is 6.04 Å². The third-order valence-electron chi connectivity index (χ3n) is 3.84. The molecule has 0 amide bonds. The Balaban J connectivity index is 2.19. The molecule has 3 atom stereocenters. The van der Waals surface area contributed by atoms with Crippen LogP contribution in [-0.4, -0.2) is 37.2 Å². The molecular formula is C15H24N2O. The van der Waals surface area contributed by atoms with Gasteiger partial charge in [0.1, 0.15) is 0 Å². The highest BCUT2D eigenvalue weighted by molar-refractivity contribution is 5.25. The van der Waals surface area contributed by atoms with Gasteiger partial charge in [0.05, 0.1) is 6.61 Å². The van der Waals surface area contributed by atoms with Crippen molar-refractivity contribution in [2.45, 2.75) is 38.4 Å². The predicted molar refractivity (Wildman–Crippen MR) is 74.6 cm³/mol. The first kappa shape index (κ1) is 13.5. The van der Waals surface area contributed by atoms with Gasteiger partial charge in [0.2, 0.25) is 0 Å².